The van der Waals surface area contributed by atoms with Crippen molar-refractivity contribution < 1.29 is 42.1 Å². The summed E-state index contributed by atoms with van der Waals surface area (Å²) in [7, 11) is 1.16. The predicted octanol–water partition coefficient (Wildman–Crippen LogP) is 18.9. The van der Waals surface area contributed by atoms with Gasteiger partial charge in [-0.05, 0) is 77.0 Å². The Bertz CT molecular complexity index is 1430. The fourth-order valence-corrected chi connectivity index (χ4v) is 9.49. The molecule has 0 rings (SSSR count). The van der Waals surface area contributed by atoms with E-state index in [-0.39, 0.29) is 32.0 Å². The lowest BCUT2D eigenvalue weighted by Crippen LogP contribution is -2.37. The number of esters is 2. The fourth-order valence-electron chi connectivity index (χ4n) is 8.76. The first-order valence-electron chi connectivity index (χ1n) is 31.0. The van der Waals surface area contributed by atoms with E-state index < -0.39 is 26.5 Å². The number of likely N-dealkylation sites (N-methyl/N-ethyl adjacent to an activating group) is 1. The Morgan fingerprint density at radius 1 is 0.432 bits per heavy atom. The van der Waals surface area contributed by atoms with E-state index in [0.717, 1.165) is 83.5 Å². The van der Waals surface area contributed by atoms with Crippen LogP contribution >= 0.6 is 7.82 Å². The monoisotopic (exact) mass is 1060 g/mol. The van der Waals surface area contributed by atoms with E-state index in [9.17, 15) is 19.0 Å². The lowest BCUT2D eigenvalue weighted by Gasteiger charge is -2.28. The molecule has 0 heterocycles. The first-order chi connectivity index (χ1) is 36.0. The van der Waals surface area contributed by atoms with Crippen LogP contribution in [0.2, 0.25) is 0 Å². The van der Waals surface area contributed by atoms with Crippen LogP contribution in [0, 0.1) is 0 Å². The first kappa shape index (κ1) is 71.7. The average Bonchev–Trinajstić information content (AvgIpc) is 3.36. The molecule has 0 aliphatic carbocycles. The van der Waals surface area contributed by atoms with Gasteiger partial charge < -0.3 is 27.9 Å². The van der Waals surface area contributed by atoms with Crippen molar-refractivity contribution >= 4 is 19.8 Å². The second-order valence-electron chi connectivity index (χ2n) is 22.0. The maximum absolute atomic E-state index is 12.8. The molecule has 432 valence electrons. The van der Waals surface area contributed by atoms with Gasteiger partial charge in [-0.2, -0.15) is 0 Å². The molecule has 0 bridgehead atoms. The Hall–Kier alpha value is -2.29. The highest BCUT2D eigenvalue weighted by molar-refractivity contribution is 7.45. The van der Waals surface area contributed by atoms with Crippen LogP contribution in [0.1, 0.15) is 284 Å². The highest BCUT2D eigenvalue weighted by Crippen LogP contribution is 2.38. The van der Waals surface area contributed by atoms with Crippen LogP contribution in [0.15, 0.2) is 60.8 Å². The normalized spacial score (nSPS) is 13.6. The molecule has 10 heteroatoms. The van der Waals surface area contributed by atoms with Gasteiger partial charge in [0.2, 0.25) is 0 Å². The quantitative estimate of drug-likeness (QED) is 0.0195. The number of carbonyl (C=O) groups excluding carboxylic acids is 2. The summed E-state index contributed by atoms with van der Waals surface area (Å²) < 4.78 is 34.2. The number of hydrogen-bond donors (Lipinski definition) is 0. The molecule has 0 saturated carbocycles. The Morgan fingerprint density at radius 2 is 0.770 bits per heavy atom. The zero-order valence-corrected chi connectivity index (χ0v) is 49.9. The lowest BCUT2D eigenvalue weighted by molar-refractivity contribution is -0.870. The van der Waals surface area contributed by atoms with Gasteiger partial charge in [-0.25, -0.2) is 0 Å². The third-order valence-corrected chi connectivity index (χ3v) is 14.5. The molecule has 0 N–H and O–H groups in total. The summed E-state index contributed by atoms with van der Waals surface area (Å²) >= 11 is 0. The van der Waals surface area contributed by atoms with Crippen molar-refractivity contribution in [3.05, 3.63) is 60.8 Å². The number of nitrogens with zero attached hydrogens (tertiary/aromatic N) is 1. The second-order valence-corrected chi connectivity index (χ2v) is 23.4. The standard InChI is InChI=1S/C64H118NO8P/c1-6-8-10-12-14-16-18-20-22-24-26-27-28-29-30-31-32-33-34-35-36-37-39-40-42-44-46-48-50-52-54-56-63(66)70-60-62(61-72-74(68,69)71-59-58-65(3,4)5)73-64(67)57-55-53-51-49-47-45-43-41-38-25-23-21-19-17-15-13-11-9-7-2/h9,11,15,17,21,23-24,26,38,41,62H,6-8,10,12-14,16,18-20,22,25,27-37,39-40,42-61H2,1-5H3/b11-9-,17-15-,23-21-,26-24-,41-38-. The molecule has 0 aromatic heterocycles. The Morgan fingerprint density at radius 3 is 1.16 bits per heavy atom. The van der Waals surface area contributed by atoms with Gasteiger partial charge in [0.1, 0.15) is 19.8 Å². The van der Waals surface area contributed by atoms with Crippen molar-refractivity contribution in [3.8, 4) is 0 Å². The first-order valence-corrected chi connectivity index (χ1v) is 32.5. The fraction of sp³-hybridized carbons (Fsp3) is 0.812. The highest BCUT2D eigenvalue weighted by atomic mass is 31.2. The minimum Gasteiger partial charge on any atom is -0.756 e. The Labute approximate surface area is 457 Å². The highest BCUT2D eigenvalue weighted by Gasteiger charge is 2.22. The van der Waals surface area contributed by atoms with Crippen molar-refractivity contribution in [2.75, 3.05) is 47.5 Å². The average molecular weight is 1060 g/mol. The summed E-state index contributed by atoms with van der Waals surface area (Å²) in [6, 6.07) is 0. The van der Waals surface area contributed by atoms with E-state index in [2.05, 4.69) is 74.6 Å². The van der Waals surface area contributed by atoms with Crippen LogP contribution in [-0.2, 0) is 32.7 Å². The number of rotatable bonds is 57. The number of allylic oxidation sites excluding steroid dienone is 10. The third-order valence-electron chi connectivity index (χ3n) is 13.5. The molecule has 2 unspecified atom stereocenters. The summed E-state index contributed by atoms with van der Waals surface area (Å²) in [5, 5.41) is 0. The molecule has 0 fully saturated rings. The number of carbonyl (C=O) groups is 2. The van der Waals surface area contributed by atoms with Gasteiger partial charge in [-0.15, -0.1) is 0 Å². The SMILES string of the molecule is CC/C=C\C/C=C\C/C=C\C/C=C\CCCCCCCCC(=O)OC(COC(=O)CCCCCCCCCCCCCCCCCCCCC/C=C\CCCCCCCCCC)COP(=O)([O-])OCC[N+](C)(C)C. The van der Waals surface area contributed by atoms with E-state index in [0.29, 0.717) is 17.4 Å². The maximum Gasteiger partial charge on any atom is 0.306 e. The zero-order valence-electron chi connectivity index (χ0n) is 49.0. The van der Waals surface area contributed by atoms with Crippen LogP contribution < -0.4 is 4.89 Å². The maximum atomic E-state index is 12.8. The van der Waals surface area contributed by atoms with E-state index in [1.807, 2.05) is 21.1 Å². The van der Waals surface area contributed by atoms with Gasteiger partial charge in [0.05, 0.1) is 27.7 Å². The summed E-state index contributed by atoms with van der Waals surface area (Å²) in [6.45, 7) is 4.14. The smallest absolute Gasteiger partial charge is 0.306 e. The van der Waals surface area contributed by atoms with Crippen LogP contribution in [0.5, 0.6) is 0 Å². The lowest BCUT2D eigenvalue weighted by atomic mass is 10.0. The van der Waals surface area contributed by atoms with E-state index in [1.165, 1.54) is 167 Å². The number of unbranched alkanes of at least 4 members (excludes halogenated alkanes) is 33. The number of quaternary nitrogens is 1. The Kier molecular flexibility index (Phi) is 53.7. The van der Waals surface area contributed by atoms with Gasteiger partial charge in [0.25, 0.3) is 7.82 Å². The molecule has 0 saturated heterocycles. The molecule has 0 aliphatic heterocycles. The molecular formula is C64H118NO8P. The molecular weight excluding hydrogens is 942 g/mol. The van der Waals surface area contributed by atoms with Crippen LogP contribution in [0.3, 0.4) is 0 Å². The van der Waals surface area contributed by atoms with Gasteiger partial charge >= 0.3 is 11.9 Å². The predicted molar refractivity (Wildman–Crippen MR) is 314 cm³/mol. The van der Waals surface area contributed by atoms with E-state index in [4.69, 9.17) is 18.5 Å². The Balaban J connectivity index is 4.05. The van der Waals surface area contributed by atoms with Gasteiger partial charge in [0, 0.05) is 12.8 Å². The van der Waals surface area contributed by atoms with E-state index >= 15 is 0 Å². The molecule has 2 atom stereocenters. The zero-order chi connectivity index (χ0) is 54.2. The van der Waals surface area contributed by atoms with Gasteiger partial charge in [-0.1, -0.05) is 254 Å². The number of ether oxygens (including phenoxy) is 2. The molecule has 9 nitrogen and oxygen atoms in total. The molecule has 0 radical (unpaired) electrons. The minimum absolute atomic E-state index is 0.0349. The van der Waals surface area contributed by atoms with Gasteiger partial charge in [0.15, 0.2) is 6.10 Å². The number of hydrogen-bond acceptors (Lipinski definition) is 8. The molecule has 74 heavy (non-hydrogen) atoms. The molecule has 0 aliphatic rings. The van der Waals surface area contributed by atoms with Crippen molar-refractivity contribution in [2.24, 2.45) is 0 Å². The minimum atomic E-state index is -4.64. The van der Waals surface area contributed by atoms with E-state index in [1.54, 1.807) is 0 Å². The van der Waals surface area contributed by atoms with Crippen LogP contribution in [-0.4, -0.2) is 70.0 Å². The molecule has 0 aromatic carbocycles. The van der Waals surface area contributed by atoms with Crippen LogP contribution in [0.4, 0.5) is 0 Å². The second kappa shape index (κ2) is 55.5. The molecule has 0 aromatic rings. The van der Waals surface area contributed by atoms with Crippen molar-refractivity contribution in [3.63, 3.8) is 0 Å². The van der Waals surface area contributed by atoms with Crippen molar-refractivity contribution in [2.45, 2.75) is 290 Å². The summed E-state index contributed by atoms with van der Waals surface area (Å²) in [4.78, 5) is 37.9. The van der Waals surface area contributed by atoms with Crippen molar-refractivity contribution in [1.82, 2.24) is 0 Å². The van der Waals surface area contributed by atoms with Gasteiger partial charge in [-0.3, -0.25) is 14.2 Å². The number of phosphoric acid groups is 1. The third kappa shape index (κ3) is 59.0. The number of phosphoric ester groups is 1. The molecule has 0 amide bonds. The van der Waals surface area contributed by atoms with Crippen LogP contribution in [0.25, 0.3) is 0 Å². The largest absolute Gasteiger partial charge is 0.756 e. The summed E-state index contributed by atoms with van der Waals surface area (Å²) in [6.07, 6.45) is 71.4. The topological polar surface area (TPSA) is 111 Å². The summed E-state index contributed by atoms with van der Waals surface area (Å²) in [5.74, 6) is -0.841. The molecule has 0 spiro atoms. The summed E-state index contributed by atoms with van der Waals surface area (Å²) in [5.41, 5.74) is 0. The van der Waals surface area contributed by atoms with Crippen molar-refractivity contribution in [1.29, 1.82) is 0 Å².